The Morgan fingerprint density at radius 3 is 1.67 bits per heavy atom. The monoisotopic (exact) mass is 560 g/mol. The second kappa shape index (κ2) is 11.5. The normalized spacial score (nSPS) is 25.8. The van der Waals surface area contributed by atoms with Gasteiger partial charge in [0.05, 0.1) is 0 Å². The summed E-state index contributed by atoms with van der Waals surface area (Å²) in [5.74, 6) is 0.398. The second-order valence-electron chi connectivity index (χ2n) is 13.9. The average Bonchev–Trinajstić information content (AvgIpc) is 3.68. The first-order valence-corrected chi connectivity index (χ1v) is 17.2. The molecule has 2 aromatic rings. The topological polar surface area (TPSA) is 24.1 Å². The van der Waals surface area contributed by atoms with E-state index in [1.54, 1.807) is 11.1 Å². The van der Waals surface area contributed by atoms with Gasteiger partial charge in [-0.1, -0.05) is 116 Å². The van der Waals surface area contributed by atoms with Gasteiger partial charge in [0.15, 0.2) is 0 Å². The molecule has 39 heavy (non-hydrogen) atoms. The smallest absolute Gasteiger partial charge is 0.0371 e. The summed E-state index contributed by atoms with van der Waals surface area (Å²) in [5, 5.41) is 8.50. The summed E-state index contributed by atoms with van der Waals surface area (Å²) in [4.78, 5) is 0. The van der Waals surface area contributed by atoms with Crippen LogP contribution >= 0.6 is 17.2 Å². The van der Waals surface area contributed by atoms with Gasteiger partial charge in [0.2, 0.25) is 0 Å². The Bertz CT molecular complexity index is 1140. The predicted octanol–water partition coefficient (Wildman–Crippen LogP) is 8.35. The first kappa shape index (κ1) is 29.2. The maximum atomic E-state index is 3.98. The molecule has 2 heterocycles. The van der Waals surface area contributed by atoms with Gasteiger partial charge in [-0.2, -0.15) is 0 Å². The minimum atomic E-state index is -0.282. The van der Waals surface area contributed by atoms with Crippen molar-refractivity contribution in [1.82, 2.24) is 10.6 Å². The lowest BCUT2D eigenvalue weighted by Gasteiger charge is -2.48. The van der Waals surface area contributed by atoms with Gasteiger partial charge in [-0.15, -0.1) is 9.24 Å². The SMILES string of the molecule is CC(C)(C)P(CC1C(C(P)(C2CCCN2)C2CCCN2)=CC(c2ccccc2)=C1c1ccccc1)C(C)(C)C. The molecule has 5 rings (SSSR count). The van der Waals surface area contributed by atoms with Gasteiger partial charge in [-0.05, 0) is 83.1 Å². The van der Waals surface area contributed by atoms with Crippen molar-refractivity contribution in [3.8, 4) is 0 Å². The lowest BCUT2D eigenvalue weighted by molar-refractivity contribution is 0.374. The van der Waals surface area contributed by atoms with E-state index in [9.17, 15) is 0 Å². The molecule has 0 spiro atoms. The summed E-state index contributed by atoms with van der Waals surface area (Å²) in [5.41, 5.74) is 7.35. The highest BCUT2D eigenvalue weighted by atomic mass is 31.1. The molecule has 2 aliphatic heterocycles. The van der Waals surface area contributed by atoms with Crippen LogP contribution in [-0.4, -0.2) is 46.8 Å². The molecular formula is C35H50N2P2. The molecule has 0 radical (unpaired) electrons. The maximum absolute atomic E-state index is 3.98. The van der Waals surface area contributed by atoms with E-state index in [2.05, 4.69) is 128 Å². The maximum Gasteiger partial charge on any atom is 0.0371 e. The van der Waals surface area contributed by atoms with Crippen molar-refractivity contribution in [2.45, 2.75) is 94.8 Å². The summed E-state index contributed by atoms with van der Waals surface area (Å²) < 4.78 is 0. The van der Waals surface area contributed by atoms with Crippen molar-refractivity contribution in [2.24, 2.45) is 5.92 Å². The number of benzene rings is 2. The van der Waals surface area contributed by atoms with E-state index in [1.165, 1.54) is 48.5 Å². The second-order valence-corrected chi connectivity index (χ2v) is 18.8. The fourth-order valence-electron chi connectivity index (χ4n) is 7.69. The van der Waals surface area contributed by atoms with Crippen molar-refractivity contribution in [3.05, 3.63) is 83.4 Å². The summed E-state index contributed by atoms with van der Waals surface area (Å²) in [7, 11) is 3.21. The fourth-order valence-corrected chi connectivity index (χ4v) is 12.4. The van der Waals surface area contributed by atoms with E-state index < -0.39 is 0 Å². The molecule has 210 valence electrons. The lowest BCUT2D eigenvalue weighted by atomic mass is 9.76. The Morgan fingerprint density at radius 1 is 0.744 bits per heavy atom. The Labute approximate surface area is 241 Å². The van der Waals surface area contributed by atoms with Gasteiger partial charge in [0.25, 0.3) is 0 Å². The van der Waals surface area contributed by atoms with Crippen LogP contribution in [0.4, 0.5) is 0 Å². The Morgan fingerprint density at radius 2 is 1.23 bits per heavy atom. The molecular weight excluding hydrogens is 510 g/mol. The molecule has 0 aromatic heterocycles. The molecule has 0 bridgehead atoms. The number of hydrogen-bond donors (Lipinski definition) is 2. The van der Waals surface area contributed by atoms with Gasteiger partial charge in [-0.25, -0.2) is 0 Å². The molecule has 2 nitrogen and oxygen atoms in total. The van der Waals surface area contributed by atoms with Crippen molar-refractivity contribution < 1.29 is 0 Å². The highest BCUT2D eigenvalue weighted by Gasteiger charge is 2.52. The van der Waals surface area contributed by atoms with Crippen molar-refractivity contribution in [2.75, 3.05) is 19.3 Å². The van der Waals surface area contributed by atoms with Crippen molar-refractivity contribution in [1.29, 1.82) is 0 Å². The van der Waals surface area contributed by atoms with Crippen molar-refractivity contribution >= 4 is 28.3 Å². The lowest BCUT2D eigenvalue weighted by Crippen LogP contribution is -2.57. The van der Waals surface area contributed by atoms with E-state index in [0.29, 0.717) is 18.0 Å². The summed E-state index contributed by atoms with van der Waals surface area (Å²) in [6.07, 6.45) is 8.92. The average molecular weight is 561 g/mol. The number of rotatable bonds is 7. The molecule has 2 N–H and O–H groups in total. The predicted molar refractivity (Wildman–Crippen MR) is 177 cm³/mol. The highest BCUT2D eigenvalue weighted by Crippen LogP contribution is 2.64. The van der Waals surface area contributed by atoms with Crippen LogP contribution in [0.1, 0.15) is 78.4 Å². The number of allylic oxidation sites excluding steroid dienone is 3. The molecule has 2 saturated heterocycles. The molecule has 0 amide bonds. The van der Waals surface area contributed by atoms with Gasteiger partial charge < -0.3 is 10.6 Å². The van der Waals surface area contributed by atoms with Gasteiger partial charge >= 0.3 is 0 Å². The van der Waals surface area contributed by atoms with E-state index in [0.717, 1.165) is 13.1 Å². The van der Waals surface area contributed by atoms with E-state index >= 15 is 0 Å². The standard InChI is InChI=1S/C35H50N2P2/c1-33(2,3)39(34(4,5)6)24-28-29(35(38,30-19-13-21-36-30)31-20-14-22-37-31)23-27(25-15-9-7-10-16-25)32(28)26-17-11-8-12-18-26/h7-12,15-18,23,28,30-31,36-37H,13-14,19-22,24,38H2,1-6H3. The van der Waals surface area contributed by atoms with Crippen LogP contribution in [0.25, 0.3) is 11.1 Å². The Hall–Kier alpha value is -1.30. The third kappa shape index (κ3) is 5.88. The number of hydrogen-bond acceptors (Lipinski definition) is 2. The van der Waals surface area contributed by atoms with E-state index in [1.807, 2.05) is 0 Å². The van der Waals surface area contributed by atoms with Crippen molar-refractivity contribution in [3.63, 3.8) is 0 Å². The van der Waals surface area contributed by atoms with Gasteiger partial charge in [-0.3, -0.25) is 0 Å². The minimum absolute atomic E-state index is 0.00893. The molecule has 2 fully saturated rings. The van der Waals surface area contributed by atoms with Crippen LogP contribution < -0.4 is 10.6 Å². The molecule has 3 aliphatic rings. The fraction of sp³-hybridized carbons (Fsp3) is 0.543. The summed E-state index contributed by atoms with van der Waals surface area (Å²) in [6, 6.07) is 23.5. The zero-order valence-corrected chi connectivity index (χ0v) is 27.1. The third-order valence-corrected chi connectivity index (χ3v) is 14.3. The minimum Gasteiger partial charge on any atom is -0.313 e. The van der Waals surface area contributed by atoms with Crippen LogP contribution in [0, 0.1) is 5.92 Å². The zero-order valence-electron chi connectivity index (χ0n) is 25.1. The molecule has 2 aromatic carbocycles. The highest BCUT2D eigenvalue weighted by molar-refractivity contribution is 7.60. The van der Waals surface area contributed by atoms with Gasteiger partial charge in [0.1, 0.15) is 0 Å². The summed E-state index contributed by atoms with van der Waals surface area (Å²) in [6.45, 7) is 17.2. The Kier molecular flexibility index (Phi) is 8.63. The van der Waals surface area contributed by atoms with E-state index in [4.69, 9.17) is 0 Å². The van der Waals surface area contributed by atoms with E-state index in [-0.39, 0.29) is 23.4 Å². The Balaban J connectivity index is 1.74. The summed E-state index contributed by atoms with van der Waals surface area (Å²) >= 11 is 0. The molecule has 0 saturated carbocycles. The first-order chi connectivity index (χ1) is 18.5. The van der Waals surface area contributed by atoms with Crippen LogP contribution in [0.15, 0.2) is 72.3 Å². The molecule has 4 unspecified atom stereocenters. The van der Waals surface area contributed by atoms with Gasteiger partial charge in [0, 0.05) is 23.2 Å². The molecule has 4 atom stereocenters. The molecule has 4 heteroatoms. The number of nitrogens with one attached hydrogen (secondary N) is 2. The van der Waals surface area contributed by atoms with Crippen LogP contribution in [0.3, 0.4) is 0 Å². The van der Waals surface area contributed by atoms with Crippen LogP contribution in [-0.2, 0) is 0 Å². The van der Waals surface area contributed by atoms with Crippen LogP contribution in [0.5, 0.6) is 0 Å². The molecule has 1 aliphatic carbocycles. The zero-order chi connectivity index (χ0) is 27.8. The third-order valence-electron chi connectivity index (χ3n) is 9.24. The van der Waals surface area contributed by atoms with Crippen LogP contribution in [0.2, 0.25) is 0 Å². The largest absolute Gasteiger partial charge is 0.313 e. The quantitative estimate of drug-likeness (QED) is 0.333. The first-order valence-electron chi connectivity index (χ1n) is 15.1.